The van der Waals surface area contributed by atoms with Crippen molar-refractivity contribution in [3.8, 4) is 5.75 Å². The lowest BCUT2D eigenvalue weighted by Crippen LogP contribution is -2.55. The maximum atomic E-state index is 14.2. The molecule has 13 heteroatoms. The van der Waals surface area contributed by atoms with Gasteiger partial charge in [-0.15, -0.1) is 0 Å². The van der Waals surface area contributed by atoms with Crippen LogP contribution in [0, 0.1) is 0 Å². The average Bonchev–Trinajstić information content (AvgIpc) is 3.67. The lowest BCUT2D eigenvalue weighted by Gasteiger charge is -2.44. The van der Waals surface area contributed by atoms with E-state index in [2.05, 4.69) is 67.7 Å². The summed E-state index contributed by atoms with van der Waals surface area (Å²) in [5.74, 6) is 0.199. The zero-order chi connectivity index (χ0) is 36.2. The summed E-state index contributed by atoms with van der Waals surface area (Å²) in [6.07, 6.45) is -3.15. The van der Waals surface area contributed by atoms with Crippen molar-refractivity contribution in [1.82, 2.24) is 9.13 Å². The molecule has 0 saturated carbocycles. The summed E-state index contributed by atoms with van der Waals surface area (Å²) in [5, 5.41) is -0.334. The first-order chi connectivity index (χ1) is 21.9. The van der Waals surface area contributed by atoms with Gasteiger partial charge in [0, 0.05) is 12.3 Å². The number of carbonyl (C=O) groups is 1. The second-order valence-electron chi connectivity index (χ2n) is 17.0. The van der Waals surface area contributed by atoms with Crippen LogP contribution in [0.4, 0.5) is 0 Å². The first-order valence-corrected chi connectivity index (χ1v) is 22.5. The van der Waals surface area contributed by atoms with Gasteiger partial charge in [-0.05, 0) is 74.7 Å². The number of benzene rings is 1. The van der Waals surface area contributed by atoms with Gasteiger partial charge in [0.15, 0.2) is 29.0 Å². The normalized spacial score (nSPS) is 25.2. The van der Waals surface area contributed by atoms with Crippen molar-refractivity contribution in [2.24, 2.45) is 0 Å². The van der Waals surface area contributed by atoms with Crippen molar-refractivity contribution in [3.05, 3.63) is 62.9 Å². The van der Waals surface area contributed by atoms with Crippen LogP contribution in [0.15, 0.2) is 46.1 Å². The van der Waals surface area contributed by atoms with E-state index >= 15 is 0 Å². The Balaban J connectivity index is 1.83. The van der Waals surface area contributed by atoms with Crippen molar-refractivity contribution >= 4 is 22.6 Å². The molecule has 2 aliphatic heterocycles. The van der Waals surface area contributed by atoms with Crippen LogP contribution in [-0.2, 0) is 34.4 Å². The van der Waals surface area contributed by atoms with E-state index < -0.39 is 76.2 Å². The number of ether oxygens (including phenoxy) is 4. The van der Waals surface area contributed by atoms with E-state index in [-0.39, 0.29) is 16.6 Å². The molecule has 48 heavy (non-hydrogen) atoms. The summed E-state index contributed by atoms with van der Waals surface area (Å²) < 4.78 is 40.5. The van der Waals surface area contributed by atoms with Crippen LogP contribution in [0.25, 0.3) is 0 Å². The first-order valence-electron chi connectivity index (χ1n) is 16.7. The SMILES string of the molecule is COc1ccc(Cn2c(=O)ccn([C@@H]3O[C@H]([C@H]4O[C@@H]4C(=O)OC(C)(C)C)[C@@H](O[Si](C)(C)C(C)(C)C)[C@H]3O[Si](C)(C)C(C)(C)C)c2=O)cc1. The maximum absolute atomic E-state index is 14.2. The molecular weight excluding hydrogens is 649 g/mol. The van der Waals surface area contributed by atoms with Crippen molar-refractivity contribution < 1.29 is 32.6 Å². The smallest absolute Gasteiger partial charge is 0.338 e. The summed E-state index contributed by atoms with van der Waals surface area (Å²) in [5.41, 5.74) is -0.909. The Hall–Kier alpha value is -2.56. The lowest BCUT2D eigenvalue weighted by molar-refractivity contribution is -0.156. The zero-order valence-electron chi connectivity index (χ0n) is 31.2. The van der Waals surface area contributed by atoms with Gasteiger partial charge in [-0.25, -0.2) is 9.59 Å². The number of esters is 1. The Bertz CT molecular complexity index is 1580. The Kier molecular flexibility index (Phi) is 10.6. The molecule has 0 unspecified atom stereocenters. The van der Waals surface area contributed by atoms with Crippen LogP contribution in [0.3, 0.4) is 0 Å². The summed E-state index contributed by atoms with van der Waals surface area (Å²) >= 11 is 0. The predicted molar refractivity (Wildman–Crippen MR) is 190 cm³/mol. The summed E-state index contributed by atoms with van der Waals surface area (Å²) in [6, 6.07) is 8.58. The topological polar surface area (TPSA) is 120 Å². The van der Waals surface area contributed by atoms with Crippen molar-refractivity contribution in [3.63, 3.8) is 0 Å². The number of methoxy groups -OCH3 is 1. The number of carbonyl (C=O) groups excluding carboxylic acids is 1. The molecule has 2 fully saturated rings. The molecule has 1 aromatic carbocycles. The molecule has 4 rings (SSSR count). The highest BCUT2D eigenvalue weighted by Gasteiger charge is 2.63. The summed E-state index contributed by atoms with van der Waals surface area (Å²) in [6.45, 7) is 27.0. The highest BCUT2D eigenvalue weighted by Crippen LogP contribution is 2.48. The minimum absolute atomic E-state index is 0.0583. The third kappa shape index (κ3) is 8.24. The molecule has 0 bridgehead atoms. The van der Waals surface area contributed by atoms with Gasteiger partial charge >= 0.3 is 11.7 Å². The van der Waals surface area contributed by atoms with Crippen molar-refractivity contribution in [2.75, 3.05) is 7.11 Å². The van der Waals surface area contributed by atoms with Crippen LogP contribution < -0.4 is 16.0 Å². The van der Waals surface area contributed by atoms with Gasteiger partial charge in [0.05, 0.1) is 13.7 Å². The fraction of sp³-hybridized carbons (Fsp3) is 0.686. The van der Waals surface area contributed by atoms with E-state index in [1.54, 1.807) is 19.2 Å². The molecule has 2 aliphatic rings. The van der Waals surface area contributed by atoms with E-state index in [9.17, 15) is 14.4 Å². The van der Waals surface area contributed by atoms with Crippen LogP contribution >= 0.6 is 0 Å². The van der Waals surface area contributed by atoms with Gasteiger partial charge < -0.3 is 27.8 Å². The third-order valence-corrected chi connectivity index (χ3v) is 19.0. The van der Waals surface area contributed by atoms with Crippen molar-refractivity contribution in [1.29, 1.82) is 0 Å². The number of aromatic nitrogens is 2. The molecule has 1 aromatic heterocycles. The van der Waals surface area contributed by atoms with Crippen molar-refractivity contribution in [2.45, 2.75) is 147 Å². The standard InChI is InChI=1S/C35H56N2O9Si2/c1-33(2,3)44-31(39)29-26(42-29)25-27(45-47(11,12)34(4,5)6)28(46-48(13,14)35(7,8)9)30(43-25)36-20-19-24(38)37(32(36)40)21-22-15-17-23(41-10)18-16-22/h15-20,25-30H,21H2,1-14H3/t25-,26-,27-,28-,29+,30-/m1/s1. The Morgan fingerprint density at radius 1 is 0.792 bits per heavy atom. The Morgan fingerprint density at radius 2 is 1.33 bits per heavy atom. The highest BCUT2D eigenvalue weighted by atomic mass is 28.4. The minimum atomic E-state index is -2.51. The van der Waals surface area contributed by atoms with Gasteiger partial charge in [0.2, 0.25) is 0 Å². The number of hydrogen-bond donors (Lipinski definition) is 0. The number of epoxide rings is 1. The fourth-order valence-electron chi connectivity index (χ4n) is 5.15. The quantitative estimate of drug-likeness (QED) is 0.170. The van der Waals surface area contributed by atoms with E-state index in [4.69, 9.17) is 27.8 Å². The van der Waals surface area contributed by atoms with Gasteiger partial charge in [-0.2, -0.15) is 0 Å². The second-order valence-corrected chi connectivity index (χ2v) is 26.5. The summed E-state index contributed by atoms with van der Waals surface area (Å²) in [4.78, 5) is 40.5. The van der Waals surface area contributed by atoms with Crippen LogP contribution in [0.1, 0.15) is 74.1 Å². The van der Waals surface area contributed by atoms with Gasteiger partial charge in [-0.3, -0.25) is 13.9 Å². The molecule has 2 aromatic rings. The van der Waals surface area contributed by atoms with E-state index in [1.807, 2.05) is 32.9 Å². The first kappa shape index (κ1) is 38.2. The zero-order valence-corrected chi connectivity index (χ0v) is 33.2. The fourth-order valence-corrected chi connectivity index (χ4v) is 7.74. The van der Waals surface area contributed by atoms with Crippen LogP contribution in [-0.4, -0.2) is 75.0 Å². The Morgan fingerprint density at radius 3 is 1.83 bits per heavy atom. The third-order valence-electron chi connectivity index (χ3n) is 10.1. The lowest BCUT2D eigenvalue weighted by atomic mass is 10.1. The van der Waals surface area contributed by atoms with Gasteiger partial charge in [0.25, 0.3) is 5.56 Å². The van der Waals surface area contributed by atoms with Crippen LogP contribution in [0.5, 0.6) is 5.75 Å². The summed E-state index contributed by atoms with van der Waals surface area (Å²) in [7, 11) is -3.40. The number of rotatable bonds is 10. The van der Waals surface area contributed by atoms with Gasteiger partial charge in [0.1, 0.15) is 35.8 Å². The van der Waals surface area contributed by atoms with E-state index in [0.717, 1.165) is 5.56 Å². The molecule has 0 N–H and O–H groups in total. The number of nitrogens with zero attached hydrogens (tertiary/aromatic N) is 2. The molecule has 6 atom stereocenters. The molecule has 0 spiro atoms. The average molecular weight is 705 g/mol. The monoisotopic (exact) mass is 704 g/mol. The molecule has 3 heterocycles. The largest absolute Gasteiger partial charge is 0.497 e. The highest BCUT2D eigenvalue weighted by molar-refractivity contribution is 6.74. The number of hydrogen-bond acceptors (Lipinski definition) is 9. The maximum Gasteiger partial charge on any atom is 0.338 e. The minimum Gasteiger partial charge on any atom is -0.497 e. The Labute approximate surface area is 287 Å². The molecule has 0 amide bonds. The molecular formula is C35H56N2O9Si2. The van der Waals surface area contributed by atoms with Gasteiger partial charge in [-0.1, -0.05) is 53.7 Å². The molecule has 268 valence electrons. The van der Waals surface area contributed by atoms with E-state index in [1.165, 1.54) is 21.4 Å². The molecule has 0 aliphatic carbocycles. The molecule has 11 nitrogen and oxygen atoms in total. The molecule has 0 radical (unpaired) electrons. The van der Waals surface area contributed by atoms with Crippen LogP contribution in [0.2, 0.25) is 36.3 Å². The van der Waals surface area contributed by atoms with E-state index in [0.29, 0.717) is 5.75 Å². The predicted octanol–water partition coefficient (Wildman–Crippen LogP) is 5.85. The molecule has 2 saturated heterocycles. The second kappa shape index (κ2) is 13.3.